The van der Waals surface area contributed by atoms with E-state index in [1.165, 1.54) is 0 Å². The van der Waals surface area contributed by atoms with Gasteiger partial charge in [-0.3, -0.25) is 4.79 Å². The van der Waals surface area contributed by atoms with Gasteiger partial charge in [-0.1, -0.05) is 15.9 Å². The first kappa shape index (κ1) is 14.7. The molecule has 0 aromatic heterocycles. The summed E-state index contributed by atoms with van der Waals surface area (Å²) in [6, 6.07) is 0. The number of hydrogen-bond acceptors (Lipinski definition) is 2. The lowest BCUT2D eigenvalue weighted by Crippen LogP contribution is -2.26. The number of halogens is 4. The lowest BCUT2D eigenvalue weighted by atomic mass is 10.4. The molecule has 0 aromatic rings. The molecule has 90 valence electrons. The second kappa shape index (κ2) is 7.92. The summed E-state index contributed by atoms with van der Waals surface area (Å²) in [5.41, 5.74) is 0. The zero-order valence-corrected chi connectivity index (χ0v) is 9.66. The van der Waals surface area contributed by atoms with Crippen LogP contribution in [0, 0.1) is 0 Å². The minimum atomic E-state index is -4.33. The molecule has 3 nitrogen and oxygen atoms in total. The van der Waals surface area contributed by atoms with E-state index >= 15 is 0 Å². The zero-order chi connectivity index (χ0) is 11.7. The first-order chi connectivity index (χ1) is 6.95. The van der Waals surface area contributed by atoms with Gasteiger partial charge in [0.25, 0.3) is 0 Å². The summed E-state index contributed by atoms with van der Waals surface area (Å²) < 4.78 is 39.1. The molecule has 0 unspecified atom stereocenters. The fourth-order valence-electron chi connectivity index (χ4n) is 0.736. The standard InChI is InChI=1S/C8H13BrF3NO2/c9-3-1-4-13-7(14)2-5-15-6-8(10,11)12/h1-6H2,(H,13,14). The molecule has 7 heteroatoms. The van der Waals surface area contributed by atoms with Crippen molar-refractivity contribution < 1.29 is 22.7 Å². The number of carbonyl (C=O) groups is 1. The second-order valence-corrected chi connectivity index (χ2v) is 3.60. The van der Waals surface area contributed by atoms with Gasteiger partial charge in [-0.2, -0.15) is 13.2 Å². The van der Waals surface area contributed by atoms with E-state index in [1.807, 2.05) is 0 Å². The summed E-state index contributed by atoms with van der Waals surface area (Å²) in [6.45, 7) is -0.995. The molecular formula is C8H13BrF3NO2. The number of rotatable bonds is 7. The Labute approximate surface area is 94.5 Å². The highest BCUT2D eigenvalue weighted by Crippen LogP contribution is 2.14. The molecule has 0 aromatic carbocycles. The summed E-state index contributed by atoms with van der Waals surface area (Å²) in [5.74, 6) is -0.293. The summed E-state index contributed by atoms with van der Waals surface area (Å²) >= 11 is 3.18. The first-order valence-corrected chi connectivity index (χ1v) is 5.55. The number of amides is 1. The van der Waals surface area contributed by atoms with Crippen molar-refractivity contribution >= 4 is 21.8 Å². The maximum absolute atomic E-state index is 11.6. The van der Waals surface area contributed by atoms with Gasteiger partial charge in [-0.05, 0) is 6.42 Å². The number of nitrogens with one attached hydrogen (secondary N) is 1. The van der Waals surface area contributed by atoms with Gasteiger partial charge >= 0.3 is 6.18 Å². The molecule has 0 saturated heterocycles. The SMILES string of the molecule is O=C(CCOCC(F)(F)F)NCCCBr. The maximum atomic E-state index is 11.6. The van der Waals surface area contributed by atoms with Crippen molar-refractivity contribution in [3.63, 3.8) is 0 Å². The monoisotopic (exact) mass is 291 g/mol. The van der Waals surface area contributed by atoms with E-state index in [4.69, 9.17) is 0 Å². The van der Waals surface area contributed by atoms with E-state index < -0.39 is 12.8 Å². The van der Waals surface area contributed by atoms with Crippen LogP contribution in [0.3, 0.4) is 0 Å². The van der Waals surface area contributed by atoms with E-state index in [0.29, 0.717) is 6.54 Å². The van der Waals surface area contributed by atoms with Crippen molar-refractivity contribution in [3.05, 3.63) is 0 Å². The molecule has 0 radical (unpaired) electrons. The Morgan fingerprint density at radius 2 is 2.07 bits per heavy atom. The van der Waals surface area contributed by atoms with Crippen LogP contribution in [0.1, 0.15) is 12.8 Å². The van der Waals surface area contributed by atoms with Crippen molar-refractivity contribution in [2.75, 3.05) is 25.1 Å². The lowest BCUT2D eigenvalue weighted by Gasteiger charge is -2.07. The van der Waals surface area contributed by atoms with Crippen LogP contribution in [0.2, 0.25) is 0 Å². The smallest absolute Gasteiger partial charge is 0.372 e. The van der Waals surface area contributed by atoms with Gasteiger partial charge in [0, 0.05) is 18.3 Å². The van der Waals surface area contributed by atoms with Gasteiger partial charge < -0.3 is 10.1 Å². The summed E-state index contributed by atoms with van der Waals surface area (Å²) in [4.78, 5) is 11.0. The summed E-state index contributed by atoms with van der Waals surface area (Å²) in [5, 5.41) is 3.33. The molecule has 0 fully saturated rings. The van der Waals surface area contributed by atoms with Gasteiger partial charge in [0.05, 0.1) is 6.61 Å². The highest BCUT2D eigenvalue weighted by Gasteiger charge is 2.27. The number of hydrogen-bond donors (Lipinski definition) is 1. The molecule has 1 N–H and O–H groups in total. The first-order valence-electron chi connectivity index (χ1n) is 4.43. The van der Waals surface area contributed by atoms with E-state index in [2.05, 4.69) is 26.0 Å². The molecule has 15 heavy (non-hydrogen) atoms. The Kier molecular flexibility index (Phi) is 7.76. The van der Waals surface area contributed by atoms with E-state index in [0.717, 1.165) is 11.8 Å². The topological polar surface area (TPSA) is 38.3 Å². The molecule has 0 aliphatic carbocycles. The van der Waals surface area contributed by atoms with Crippen LogP contribution < -0.4 is 5.32 Å². The third-order valence-corrected chi connectivity index (χ3v) is 1.93. The predicted molar refractivity (Wildman–Crippen MR) is 52.9 cm³/mol. The van der Waals surface area contributed by atoms with Gasteiger partial charge in [0.15, 0.2) is 0 Å². The third-order valence-electron chi connectivity index (χ3n) is 1.37. The fraction of sp³-hybridized carbons (Fsp3) is 0.875. The molecule has 0 rings (SSSR count). The number of carbonyl (C=O) groups excluding carboxylic acids is 1. The molecule has 0 aliphatic rings. The van der Waals surface area contributed by atoms with E-state index in [1.54, 1.807) is 0 Å². The summed E-state index contributed by atoms with van der Waals surface area (Å²) in [7, 11) is 0. The van der Waals surface area contributed by atoms with E-state index in [9.17, 15) is 18.0 Å². The Balaban J connectivity index is 3.32. The van der Waals surface area contributed by atoms with Crippen LogP contribution in [-0.2, 0) is 9.53 Å². The Morgan fingerprint density at radius 3 is 2.60 bits per heavy atom. The lowest BCUT2D eigenvalue weighted by molar-refractivity contribution is -0.174. The minimum Gasteiger partial charge on any atom is -0.372 e. The van der Waals surface area contributed by atoms with Crippen LogP contribution in [0.4, 0.5) is 13.2 Å². The molecule has 0 bridgehead atoms. The van der Waals surface area contributed by atoms with Crippen LogP contribution in [0.5, 0.6) is 0 Å². The van der Waals surface area contributed by atoms with Crippen molar-refractivity contribution in [1.29, 1.82) is 0 Å². The highest BCUT2D eigenvalue weighted by molar-refractivity contribution is 9.09. The number of ether oxygens (including phenoxy) is 1. The largest absolute Gasteiger partial charge is 0.411 e. The van der Waals surface area contributed by atoms with Crippen LogP contribution >= 0.6 is 15.9 Å². The number of alkyl halides is 4. The van der Waals surface area contributed by atoms with Crippen molar-refractivity contribution in [3.8, 4) is 0 Å². The Morgan fingerprint density at radius 1 is 1.40 bits per heavy atom. The molecule has 1 amide bonds. The fourth-order valence-corrected chi connectivity index (χ4v) is 1.02. The van der Waals surface area contributed by atoms with Crippen LogP contribution in [0.25, 0.3) is 0 Å². The predicted octanol–water partition coefficient (Wildman–Crippen LogP) is 1.86. The molecular weight excluding hydrogens is 279 g/mol. The van der Waals surface area contributed by atoms with Gasteiger partial charge in [0.1, 0.15) is 6.61 Å². The third kappa shape index (κ3) is 11.6. The van der Waals surface area contributed by atoms with E-state index in [-0.39, 0.29) is 18.9 Å². The zero-order valence-electron chi connectivity index (χ0n) is 8.07. The molecule has 0 saturated carbocycles. The molecule has 0 aliphatic heterocycles. The normalized spacial score (nSPS) is 11.5. The van der Waals surface area contributed by atoms with Crippen molar-refractivity contribution in [1.82, 2.24) is 5.32 Å². The molecule has 0 heterocycles. The van der Waals surface area contributed by atoms with Gasteiger partial charge in [-0.25, -0.2) is 0 Å². The quantitative estimate of drug-likeness (QED) is 0.574. The minimum absolute atomic E-state index is 0.0433. The van der Waals surface area contributed by atoms with Crippen molar-refractivity contribution in [2.24, 2.45) is 0 Å². The van der Waals surface area contributed by atoms with Gasteiger partial charge in [-0.15, -0.1) is 0 Å². The molecule has 0 spiro atoms. The Hall–Kier alpha value is -0.300. The van der Waals surface area contributed by atoms with Crippen LogP contribution in [-0.4, -0.2) is 37.2 Å². The average molecular weight is 292 g/mol. The maximum Gasteiger partial charge on any atom is 0.411 e. The average Bonchev–Trinajstić information content (AvgIpc) is 2.11. The Bertz CT molecular complexity index is 187. The van der Waals surface area contributed by atoms with Crippen molar-refractivity contribution in [2.45, 2.75) is 19.0 Å². The summed E-state index contributed by atoms with van der Waals surface area (Å²) in [6.07, 6.45) is -3.58. The highest BCUT2D eigenvalue weighted by atomic mass is 79.9. The van der Waals surface area contributed by atoms with Gasteiger partial charge in [0.2, 0.25) is 5.91 Å². The van der Waals surface area contributed by atoms with Crippen LogP contribution in [0.15, 0.2) is 0 Å². The second-order valence-electron chi connectivity index (χ2n) is 2.81. The molecule has 0 atom stereocenters.